The first-order valence-electron chi connectivity index (χ1n) is 7.74. The molecule has 1 amide bonds. The zero-order valence-corrected chi connectivity index (χ0v) is 14.2. The number of nitrogens with zero attached hydrogens (tertiary/aromatic N) is 3. The minimum absolute atomic E-state index is 0.0957. The maximum atomic E-state index is 12.3. The second kappa shape index (κ2) is 5.94. The Morgan fingerprint density at radius 2 is 2.00 bits per heavy atom. The van der Waals surface area contributed by atoms with Gasteiger partial charge in [0.25, 0.3) is 11.5 Å². The lowest BCUT2D eigenvalue weighted by molar-refractivity contribution is -0.0824. The average Bonchev–Trinajstić information content (AvgIpc) is 2.68. The van der Waals surface area contributed by atoms with Crippen LogP contribution in [-0.4, -0.2) is 54.1 Å². The number of carbonyl (C=O) groups is 1. The van der Waals surface area contributed by atoms with E-state index in [1.165, 1.54) is 15.1 Å². The average molecular weight is 356 g/mol. The fraction of sp³-hybridized carbons (Fsp3) is 0.643. The van der Waals surface area contributed by atoms with Gasteiger partial charge in [0.15, 0.2) is 0 Å². The van der Waals surface area contributed by atoms with Crippen molar-refractivity contribution in [2.45, 2.75) is 31.4 Å². The van der Waals surface area contributed by atoms with Crippen LogP contribution in [0.25, 0.3) is 0 Å². The van der Waals surface area contributed by atoms with Gasteiger partial charge in [0, 0.05) is 32.3 Å². The zero-order valence-electron chi connectivity index (χ0n) is 13.4. The molecule has 9 nitrogen and oxygen atoms in total. The van der Waals surface area contributed by atoms with E-state index < -0.39 is 21.5 Å². The summed E-state index contributed by atoms with van der Waals surface area (Å²) < 4.78 is 32.3. The van der Waals surface area contributed by atoms with Crippen molar-refractivity contribution < 1.29 is 17.9 Å². The molecule has 0 bridgehead atoms. The molecule has 0 aliphatic carbocycles. The highest BCUT2D eigenvalue weighted by Crippen LogP contribution is 2.37. The van der Waals surface area contributed by atoms with Gasteiger partial charge in [0.05, 0.1) is 6.26 Å². The normalized spacial score (nSPS) is 21.2. The maximum absolute atomic E-state index is 12.3. The van der Waals surface area contributed by atoms with E-state index in [1.807, 2.05) is 0 Å². The number of fused-ring (bicyclic) bond motifs is 2. The van der Waals surface area contributed by atoms with Crippen LogP contribution in [0.1, 0.15) is 35.6 Å². The van der Waals surface area contributed by atoms with Gasteiger partial charge in [-0.15, -0.1) is 0 Å². The fourth-order valence-corrected chi connectivity index (χ4v) is 4.14. The number of ether oxygens (including phenoxy) is 1. The van der Waals surface area contributed by atoms with E-state index in [-0.39, 0.29) is 24.3 Å². The standard InChI is InChI=1S/C14H20N4O5S/c1-24(21,22)17-6-3-14(4-7-17)13-16-10(12(15)20)9-11(19)18(13)5-2-8-23-14/h9H,2-8H2,1H3,(H2,15,20). The second-order valence-corrected chi connectivity index (χ2v) is 8.16. The van der Waals surface area contributed by atoms with Crippen LogP contribution in [0.4, 0.5) is 0 Å². The first-order valence-corrected chi connectivity index (χ1v) is 9.59. The third kappa shape index (κ3) is 2.96. The minimum Gasteiger partial charge on any atom is -0.367 e. The van der Waals surface area contributed by atoms with Crippen LogP contribution in [0.3, 0.4) is 0 Å². The number of piperidine rings is 1. The van der Waals surface area contributed by atoms with E-state index in [2.05, 4.69) is 4.98 Å². The van der Waals surface area contributed by atoms with Crippen molar-refractivity contribution in [1.82, 2.24) is 13.9 Å². The van der Waals surface area contributed by atoms with E-state index in [4.69, 9.17) is 10.5 Å². The molecule has 0 atom stereocenters. The van der Waals surface area contributed by atoms with E-state index in [0.717, 1.165) is 6.07 Å². The van der Waals surface area contributed by atoms with Crippen LogP contribution in [0.2, 0.25) is 0 Å². The summed E-state index contributed by atoms with van der Waals surface area (Å²) in [6, 6.07) is 1.14. The minimum atomic E-state index is -3.28. The molecular weight excluding hydrogens is 336 g/mol. The number of aromatic nitrogens is 2. The number of nitrogens with two attached hydrogens (primary N) is 1. The summed E-state index contributed by atoms with van der Waals surface area (Å²) in [5.74, 6) is -0.405. The van der Waals surface area contributed by atoms with Crippen LogP contribution in [-0.2, 0) is 26.9 Å². The molecule has 1 fully saturated rings. The van der Waals surface area contributed by atoms with Crippen molar-refractivity contribution in [1.29, 1.82) is 0 Å². The Kier molecular flexibility index (Phi) is 4.22. The van der Waals surface area contributed by atoms with E-state index in [0.29, 0.717) is 38.2 Å². The van der Waals surface area contributed by atoms with Crippen LogP contribution in [0.15, 0.2) is 10.9 Å². The van der Waals surface area contributed by atoms with Gasteiger partial charge in [-0.2, -0.15) is 0 Å². The Morgan fingerprint density at radius 1 is 1.33 bits per heavy atom. The van der Waals surface area contributed by atoms with Crippen LogP contribution >= 0.6 is 0 Å². The van der Waals surface area contributed by atoms with E-state index in [9.17, 15) is 18.0 Å². The van der Waals surface area contributed by atoms with Crippen molar-refractivity contribution in [3.63, 3.8) is 0 Å². The van der Waals surface area contributed by atoms with E-state index >= 15 is 0 Å². The molecule has 2 N–H and O–H groups in total. The third-order valence-corrected chi connectivity index (χ3v) is 5.87. The summed E-state index contributed by atoms with van der Waals surface area (Å²) in [5.41, 5.74) is 3.96. The fourth-order valence-electron chi connectivity index (χ4n) is 3.30. The Labute approximate surface area is 139 Å². The van der Waals surface area contributed by atoms with Gasteiger partial charge in [0.2, 0.25) is 10.0 Å². The molecule has 2 aliphatic rings. The van der Waals surface area contributed by atoms with Crippen LogP contribution in [0, 0.1) is 0 Å². The maximum Gasteiger partial charge on any atom is 0.267 e. The van der Waals surface area contributed by atoms with Gasteiger partial charge >= 0.3 is 0 Å². The van der Waals surface area contributed by atoms with Gasteiger partial charge < -0.3 is 10.5 Å². The molecule has 0 unspecified atom stereocenters. The predicted molar refractivity (Wildman–Crippen MR) is 84.9 cm³/mol. The molecule has 132 valence electrons. The molecule has 10 heteroatoms. The summed E-state index contributed by atoms with van der Waals surface area (Å²) in [6.07, 6.45) is 2.55. The summed E-state index contributed by atoms with van der Waals surface area (Å²) in [4.78, 5) is 28.1. The number of carbonyl (C=O) groups excluding carboxylic acids is 1. The Bertz CT molecular complexity index is 824. The first kappa shape index (κ1) is 17.1. The smallest absolute Gasteiger partial charge is 0.267 e. The molecule has 3 heterocycles. The first-order chi connectivity index (χ1) is 11.2. The second-order valence-electron chi connectivity index (χ2n) is 6.18. The Morgan fingerprint density at radius 3 is 2.58 bits per heavy atom. The van der Waals surface area contributed by atoms with Crippen LogP contribution < -0.4 is 11.3 Å². The summed E-state index contributed by atoms with van der Waals surface area (Å²) in [7, 11) is -3.28. The predicted octanol–water partition coefficient (Wildman–Crippen LogP) is -0.987. The molecule has 1 aromatic rings. The van der Waals surface area contributed by atoms with Gasteiger partial charge in [-0.25, -0.2) is 17.7 Å². The molecule has 24 heavy (non-hydrogen) atoms. The van der Waals surface area contributed by atoms with Crippen molar-refractivity contribution in [2.24, 2.45) is 5.73 Å². The van der Waals surface area contributed by atoms with Gasteiger partial charge in [-0.3, -0.25) is 14.2 Å². The number of primary amides is 1. The number of rotatable bonds is 2. The molecular formula is C14H20N4O5S. The summed E-state index contributed by atoms with van der Waals surface area (Å²) in [6.45, 7) is 1.43. The Hall–Kier alpha value is -1.78. The molecule has 1 aromatic heterocycles. The van der Waals surface area contributed by atoms with E-state index in [1.54, 1.807) is 0 Å². The quantitative estimate of drug-likeness (QED) is 0.726. The molecule has 2 aliphatic heterocycles. The van der Waals surface area contributed by atoms with Crippen molar-refractivity contribution in [3.8, 4) is 0 Å². The molecule has 0 saturated carbocycles. The molecule has 0 radical (unpaired) electrons. The van der Waals surface area contributed by atoms with Gasteiger partial charge in [-0.05, 0) is 19.3 Å². The Balaban J connectivity index is 2.06. The van der Waals surface area contributed by atoms with Crippen molar-refractivity contribution in [3.05, 3.63) is 27.9 Å². The largest absolute Gasteiger partial charge is 0.367 e. The lowest BCUT2D eigenvalue weighted by Gasteiger charge is -2.39. The molecule has 1 saturated heterocycles. The SMILES string of the molecule is CS(=O)(=O)N1CCC2(CC1)OCCCn1c2nc(C(N)=O)cc1=O. The number of hydrogen-bond acceptors (Lipinski definition) is 6. The number of sulfonamides is 1. The van der Waals surface area contributed by atoms with Crippen LogP contribution in [0.5, 0.6) is 0 Å². The highest BCUT2D eigenvalue weighted by Gasteiger charge is 2.44. The van der Waals surface area contributed by atoms with Crippen molar-refractivity contribution in [2.75, 3.05) is 26.0 Å². The summed E-state index contributed by atoms with van der Waals surface area (Å²) >= 11 is 0. The third-order valence-electron chi connectivity index (χ3n) is 4.57. The number of amides is 1. The van der Waals surface area contributed by atoms with Gasteiger partial charge in [0.1, 0.15) is 17.1 Å². The molecule has 0 aromatic carbocycles. The monoisotopic (exact) mass is 356 g/mol. The lowest BCUT2D eigenvalue weighted by atomic mass is 9.90. The van der Waals surface area contributed by atoms with Crippen molar-refractivity contribution >= 4 is 15.9 Å². The molecule has 1 spiro atoms. The zero-order chi connectivity index (χ0) is 17.5. The van der Waals surface area contributed by atoms with Gasteiger partial charge in [-0.1, -0.05) is 0 Å². The lowest BCUT2D eigenvalue weighted by Crippen LogP contribution is -2.48. The highest BCUT2D eigenvalue weighted by atomic mass is 32.2. The highest BCUT2D eigenvalue weighted by molar-refractivity contribution is 7.88. The molecule has 3 rings (SSSR count). The summed E-state index contributed by atoms with van der Waals surface area (Å²) in [5, 5.41) is 0. The topological polar surface area (TPSA) is 125 Å². The number of hydrogen-bond donors (Lipinski definition) is 1.